The van der Waals surface area contributed by atoms with Gasteiger partial charge >= 0.3 is 24.2 Å². The van der Waals surface area contributed by atoms with Crippen LogP contribution >= 0.6 is 0 Å². The molecule has 0 saturated carbocycles. The highest BCUT2D eigenvalue weighted by atomic mass is 19.4. The second-order valence-corrected chi connectivity index (χ2v) is 7.04. The first-order chi connectivity index (χ1) is 13.9. The molecule has 0 fully saturated rings. The first kappa shape index (κ1) is 25.0. The quantitative estimate of drug-likeness (QED) is 0.412. The minimum absolute atomic E-state index is 0.384. The van der Waals surface area contributed by atoms with Crippen molar-refractivity contribution in [3.05, 3.63) is 71.8 Å². The van der Waals surface area contributed by atoms with Crippen LogP contribution in [0.1, 0.15) is 25.0 Å². The van der Waals surface area contributed by atoms with Gasteiger partial charge in [0.1, 0.15) is 0 Å². The maximum absolute atomic E-state index is 15.0. The summed E-state index contributed by atoms with van der Waals surface area (Å²) in [6.45, 7) is -0.768. The molecular weight excluding hydrogens is 446 g/mol. The molecule has 0 saturated heterocycles. The smallest absolute Gasteiger partial charge is 0.338 e. The normalized spacial score (nSPS) is 17.7. The van der Waals surface area contributed by atoms with Gasteiger partial charge in [-0.25, -0.2) is 0 Å². The van der Waals surface area contributed by atoms with Gasteiger partial charge in [0, 0.05) is 11.1 Å². The van der Waals surface area contributed by atoms with E-state index in [1.54, 1.807) is 0 Å². The number of alkyl halides is 10. The second kappa shape index (κ2) is 7.68. The van der Waals surface area contributed by atoms with Crippen LogP contribution < -0.4 is 0 Å². The molecule has 0 spiro atoms. The zero-order valence-corrected chi connectivity index (χ0v) is 16.0. The van der Waals surface area contributed by atoms with Crippen molar-refractivity contribution in [2.45, 2.75) is 49.2 Å². The summed E-state index contributed by atoms with van der Waals surface area (Å²) in [4.78, 5) is 0. The average Bonchev–Trinajstić information content (AvgIpc) is 2.67. The maximum atomic E-state index is 15.0. The lowest BCUT2D eigenvalue weighted by Crippen LogP contribution is -2.67. The molecule has 2 aromatic rings. The van der Waals surface area contributed by atoms with Crippen LogP contribution in [0.2, 0.25) is 0 Å². The number of benzene rings is 2. The molecule has 0 amide bonds. The Balaban J connectivity index is 2.75. The first-order valence-electron chi connectivity index (χ1n) is 8.62. The van der Waals surface area contributed by atoms with Crippen molar-refractivity contribution >= 4 is 0 Å². The van der Waals surface area contributed by atoms with E-state index in [4.69, 9.17) is 0 Å². The summed E-state index contributed by atoms with van der Waals surface area (Å²) in [5, 5.41) is 0. The van der Waals surface area contributed by atoms with E-state index in [1.807, 2.05) is 0 Å². The van der Waals surface area contributed by atoms with Crippen LogP contribution in [0.15, 0.2) is 60.7 Å². The van der Waals surface area contributed by atoms with Gasteiger partial charge in [-0.05, 0) is 13.8 Å². The molecule has 172 valence electrons. The average molecular weight is 462 g/mol. The van der Waals surface area contributed by atoms with Crippen LogP contribution in [0.5, 0.6) is 0 Å². The fourth-order valence-electron chi connectivity index (χ4n) is 2.85. The van der Waals surface area contributed by atoms with Crippen molar-refractivity contribution in [3.63, 3.8) is 0 Å². The Kier molecular flexibility index (Phi) is 6.19. The molecule has 31 heavy (non-hydrogen) atoms. The van der Waals surface area contributed by atoms with E-state index < -0.39 is 46.5 Å². The van der Waals surface area contributed by atoms with E-state index in [2.05, 4.69) is 4.74 Å². The minimum Gasteiger partial charge on any atom is -0.338 e. The highest BCUT2D eigenvalue weighted by Crippen LogP contribution is 2.58. The number of ether oxygens (including phenoxy) is 1. The van der Waals surface area contributed by atoms with Crippen LogP contribution in [0.25, 0.3) is 0 Å². The van der Waals surface area contributed by atoms with Crippen LogP contribution in [0, 0.1) is 0 Å². The van der Waals surface area contributed by atoms with Crippen LogP contribution in [0.4, 0.5) is 43.9 Å². The molecule has 1 nitrogen and oxygen atoms in total. The molecule has 2 aromatic carbocycles. The largest absolute Gasteiger partial charge is 0.423 e. The number of hydrogen-bond donors (Lipinski definition) is 0. The molecule has 0 aliphatic carbocycles. The van der Waals surface area contributed by atoms with Gasteiger partial charge in [-0.15, -0.1) is 0 Å². The lowest BCUT2D eigenvalue weighted by atomic mass is 9.85. The van der Waals surface area contributed by atoms with E-state index in [-0.39, 0.29) is 13.8 Å². The maximum Gasteiger partial charge on any atom is 0.423 e. The zero-order chi connectivity index (χ0) is 23.9. The monoisotopic (exact) mass is 462 g/mol. The number of rotatable bonds is 6. The van der Waals surface area contributed by atoms with Gasteiger partial charge in [0.2, 0.25) is 11.2 Å². The molecule has 0 heterocycles. The van der Waals surface area contributed by atoms with Gasteiger partial charge in [-0.1, -0.05) is 60.7 Å². The highest BCUT2D eigenvalue weighted by molar-refractivity contribution is 5.27. The molecule has 0 radical (unpaired) electrons. The predicted molar refractivity (Wildman–Crippen MR) is 90.7 cm³/mol. The summed E-state index contributed by atoms with van der Waals surface area (Å²) >= 11 is 0. The molecular formula is C20H16F10O. The van der Waals surface area contributed by atoms with E-state index in [1.165, 1.54) is 12.1 Å². The summed E-state index contributed by atoms with van der Waals surface area (Å²) in [6, 6.07) is 8.11. The molecule has 11 heteroatoms. The SMILES string of the molecule is CC(OC(C)(C(F)(F)F)C(F)(F)c1ccccc1)(C(F)(F)F)C(F)(F)c1ccccc1. The van der Waals surface area contributed by atoms with Gasteiger partial charge in [0.05, 0.1) is 0 Å². The molecule has 2 unspecified atom stereocenters. The van der Waals surface area contributed by atoms with Crippen molar-refractivity contribution < 1.29 is 48.6 Å². The second-order valence-electron chi connectivity index (χ2n) is 7.04. The van der Waals surface area contributed by atoms with Crippen LogP contribution in [0.3, 0.4) is 0 Å². The summed E-state index contributed by atoms with van der Waals surface area (Å²) in [5.74, 6) is -10.3. The third kappa shape index (κ3) is 3.99. The Hall–Kier alpha value is -2.30. The topological polar surface area (TPSA) is 9.23 Å². The Morgan fingerprint density at radius 2 is 0.742 bits per heavy atom. The summed E-state index contributed by atoms with van der Waals surface area (Å²) in [5.41, 5.74) is -12.7. The Bertz CT molecular complexity index is 803. The molecule has 2 atom stereocenters. The van der Waals surface area contributed by atoms with Gasteiger partial charge in [-0.3, -0.25) is 0 Å². The minimum atomic E-state index is -6.17. The van der Waals surface area contributed by atoms with Gasteiger partial charge < -0.3 is 4.74 Å². The van der Waals surface area contributed by atoms with Crippen LogP contribution in [-0.4, -0.2) is 23.6 Å². The highest BCUT2D eigenvalue weighted by Gasteiger charge is 2.77. The lowest BCUT2D eigenvalue weighted by Gasteiger charge is -2.47. The van der Waals surface area contributed by atoms with E-state index in [0.29, 0.717) is 24.3 Å². The summed E-state index contributed by atoms with van der Waals surface area (Å²) in [7, 11) is 0. The first-order valence-corrected chi connectivity index (χ1v) is 8.62. The van der Waals surface area contributed by atoms with Gasteiger partial charge in [0.25, 0.3) is 0 Å². The third-order valence-corrected chi connectivity index (χ3v) is 4.96. The van der Waals surface area contributed by atoms with Crippen molar-refractivity contribution in [2.24, 2.45) is 0 Å². The fourth-order valence-corrected chi connectivity index (χ4v) is 2.85. The van der Waals surface area contributed by atoms with E-state index >= 15 is 0 Å². The van der Waals surface area contributed by atoms with E-state index in [9.17, 15) is 43.9 Å². The summed E-state index contributed by atoms with van der Waals surface area (Å²) in [6.07, 6.45) is -12.3. The number of halogens is 10. The molecule has 0 N–H and O–H groups in total. The number of hydrogen-bond acceptors (Lipinski definition) is 1. The molecule has 0 aromatic heterocycles. The van der Waals surface area contributed by atoms with Crippen molar-refractivity contribution in [3.8, 4) is 0 Å². The molecule has 0 bridgehead atoms. The van der Waals surface area contributed by atoms with Crippen molar-refractivity contribution in [1.82, 2.24) is 0 Å². The Morgan fingerprint density at radius 3 is 0.968 bits per heavy atom. The lowest BCUT2D eigenvalue weighted by molar-refractivity contribution is -0.434. The Labute approximate surface area is 170 Å². The third-order valence-electron chi connectivity index (χ3n) is 4.96. The van der Waals surface area contributed by atoms with Gasteiger partial charge in [0.15, 0.2) is 0 Å². The Morgan fingerprint density at radius 1 is 0.484 bits per heavy atom. The fraction of sp³-hybridized carbons (Fsp3) is 0.400. The van der Waals surface area contributed by atoms with Gasteiger partial charge in [-0.2, -0.15) is 43.9 Å². The molecule has 0 aliphatic heterocycles. The van der Waals surface area contributed by atoms with Crippen molar-refractivity contribution in [1.29, 1.82) is 0 Å². The molecule has 0 aliphatic rings. The summed E-state index contributed by atoms with van der Waals surface area (Å²) < 4.78 is 146. The van der Waals surface area contributed by atoms with Crippen LogP contribution in [-0.2, 0) is 16.6 Å². The molecule has 2 rings (SSSR count). The standard InChI is InChI=1S/C20H16F10O/c1-15(19(25,26)27,17(21,22)13-9-5-3-6-10-13)31-16(2,20(28,29)30)18(23,24)14-11-7-4-8-12-14/h3-12H,1-2H3. The van der Waals surface area contributed by atoms with E-state index in [0.717, 1.165) is 24.3 Å². The zero-order valence-electron chi connectivity index (χ0n) is 16.0. The predicted octanol–water partition coefficient (Wildman–Crippen LogP) is 7.23. The van der Waals surface area contributed by atoms with Crippen molar-refractivity contribution in [2.75, 3.05) is 0 Å².